The van der Waals surface area contributed by atoms with Gasteiger partial charge in [-0.15, -0.1) is 0 Å². The molecule has 3 atom stereocenters. The zero-order chi connectivity index (χ0) is 12.4. The first kappa shape index (κ1) is 10.8. The van der Waals surface area contributed by atoms with Crippen LogP contribution in [0.5, 0.6) is 0 Å². The summed E-state index contributed by atoms with van der Waals surface area (Å²) in [7, 11) is 0. The van der Waals surface area contributed by atoms with Crippen LogP contribution in [0.25, 0.3) is 0 Å². The van der Waals surface area contributed by atoms with Crippen LogP contribution in [0.3, 0.4) is 0 Å². The van der Waals surface area contributed by atoms with E-state index in [2.05, 4.69) is 15.9 Å². The summed E-state index contributed by atoms with van der Waals surface area (Å²) in [6.07, 6.45) is 4.89. The molecule has 0 saturated carbocycles. The number of benzene rings is 1. The van der Waals surface area contributed by atoms with Crippen LogP contribution in [0.1, 0.15) is 6.42 Å². The lowest BCUT2D eigenvalue weighted by Gasteiger charge is -2.26. The molecule has 0 aliphatic carbocycles. The summed E-state index contributed by atoms with van der Waals surface area (Å²) < 4.78 is 5.63. The van der Waals surface area contributed by atoms with Crippen LogP contribution in [0.15, 0.2) is 42.5 Å². The van der Waals surface area contributed by atoms with Gasteiger partial charge in [0, 0.05) is 12.2 Å². The van der Waals surface area contributed by atoms with Crippen molar-refractivity contribution in [1.29, 1.82) is 0 Å². The van der Waals surface area contributed by atoms with Gasteiger partial charge in [-0.25, -0.2) is 0 Å². The first-order valence-electron chi connectivity index (χ1n) is 6.08. The highest BCUT2D eigenvalue weighted by Crippen LogP contribution is 2.56. The number of fused-ring (bicyclic) bond motifs is 1. The standard InChI is InChI=1S/C14H12BrNO2/c15-13-8-11-6-7-14(13,18-11)12(17)16(9-13)10-4-2-1-3-5-10/h1-7,11H,8-9H2/t11-,13-,14-/m0/s1. The van der Waals surface area contributed by atoms with Crippen molar-refractivity contribution in [2.75, 3.05) is 11.4 Å². The second-order valence-electron chi connectivity index (χ2n) is 5.15. The maximum absolute atomic E-state index is 12.7. The second-order valence-corrected chi connectivity index (χ2v) is 6.67. The quantitative estimate of drug-likeness (QED) is 0.588. The number of anilines is 1. The van der Waals surface area contributed by atoms with Gasteiger partial charge in [-0.1, -0.05) is 40.2 Å². The highest BCUT2D eigenvalue weighted by Gasteiger charge is 2.70. The van der Waals surface area contributed by atoms with Crippen molar-refractivity contribution in [3.05, 3.63) is 42.5 Å². The zero-order valence-electron chi connectivity index (χ0n) is 9.67. The number of rotatable bonds is 1. The Hall–Kier alpha value is -1.13. The summed E-state index contributed by atoms with van der Waals surface area (Å²) in [5.41, 5.74) is 0.151. The minimum absolute atomic E-state index is 0.0434. The Balaban J connectivity index is 1.80. The van der Waals surface area contributed by atoms with E-state index in [0.29, 0.717) is 6.54 Å². The van der Waals surface area contributed by atoms with E-state index < -0.39 is 5.60 Å². The molecule has 18 heavy (non-hydrogen) atoms. The van der Waals surface area contributed by atoms with Crippen LogP contribution in [-0.4, -0.2) is 28.5 Å². The van der Waals surface area contributed by atoms with Crippen LogP contribution in [0.4, 0.5) is 5.69 Å². The van der Waals surface area contributed by atoms with Gasteiger partial charge in [0.2, 0.25) is 0 Å². The summed E-state index contributed by atoms with van der Waals surface area (Å²) in [6, 6.07) is 9.77. The minimum Gasteiger partial charge on any atom is -0.352 e. The molecule has 1 amide bonds. The number of ether oxygens (including phenoxy) is 1. The Morgan fingerprint density at radius 2 is 2.11 bits per heavy atom. The minimum atomic E-state index is -0.784. The summed E-state index contributed by atoms with van der Waals surface area (Å²) in [5.74, 6) is 0.0434. The molecule has 3 nitrogen and oxygen atoms in total. The average Bonchev–Trinajstić information content (AvgIpc) is 2.98. The lowest BCUT2D eigenvalue weighted by Crippen LogP contribution is -2.46. The number of para-hydroxylation sites is 1. The number of halogens is 1. The Kier molecular flexibility index (Phi) is 1.94. The van der Waals surface area contributed by atoms with Gasteiger partial charge in [-0.3, -0.25) is 4.79 Å². The monoisotopic (exact) mass is 305 g/mol. The lowest BCUT2D eigenvalue weighted by atomic mass is 9.85. The SMILES string of the molecule is O=C1N(c2ccccc2)C[C@@]2(Br)C[C@@H]3C=C[C@]12O3. The van der Waals surface area contributed by atoms with E-state index >= 15 is 0 Å². The van der Waals surface area contributed by atoms with E-state index in [9.17, 15) is 4.79 Å². The van der Waals surface area contributed by atoms with Gasteiger partial charge in [-0.05, 0) is 24.6 Å². The maximum Gasteiger partial charge on any atom is 0.264 e. The van der Waals surface area contributed by atoms with Crippen LogP contribution in [-0.2, 0) is 9.53 Å². The number of hydrogen-bond donors (Lipinski definition) is 0. The van der Waals surface area contributed by atoms with Crippen molar-refractivity contribution in [2.45, 2.75) is 22.5 Å². The fourth-order valence-corrected chi connectivity index (χ4v) is 4.20. The second kappa shape index (κ2) is 3.25. The molecular formula is C14H12BrNO2. The molecular weight excluding hydrogens is 294 g/mol. The molecule has 4 heteroatoms. The predicted octanol–water partition coefficient (Wildman–Crippen LogP) is 2.26. The third-order valence-electron chi connectivity index (χ3n) is 4.11. The molecule has 2 fully saturated rings. The van der Waals surface area contributed by atoms with Gasteiger partial charge in [0.05, 0.1) is 10.4 Å². The molecule has 0 N–H and O–H groups in total. The zero-order valence-corrected chi connectivity index (χ0v) is 11.3. The van der Waals surface area contributed by atoms with Crippen molar-refractivity contribution in [3.8, 4) is 0 Å². The van der Waals surface area contributed by atoms with Gasteiger partial charge in [-0.2, -0.15) is 0 Å². The molecule has 1 aromatic carbocycles. The van der Waals surface area contributed by atoms with E-state index in [0.717, 1.165) is 12.1 Å². The first-order chi connectivity index (χ1) is 8.65. The van der Waals surface area contributed by atoms with Crippen molar-refractivity contribution >= 4 is 27.5 Å². The Labute approximate surface area is 114 Å². The fourth-order valence-electron chi connectivity index (χ4n) is 3.23. The van der Waals surface area contributed by atoms with E-state index in [1.165, 1.54) is 0 Å². The van der Waals surface area contributed by atoms with Crippen molar-refractivity contribution in [3.63, 3.8) is 0 Å². The van der Waals surface area contributed by atoms with Crippen LogP contribution < -0.4 is 4.90 Å². The molecule has 2 saturated heterocycles. The molecule has 2 bridgehead atoms. The molecule has 3 aliphatic rings. The number of alkyl halides is 1. The van der Waals surface area contributed by atoms with Crippen molar-refractivity contribution in [2.24, 2.45) is 0 Å². The Bertz CT molecular complexity index is 558. The van der Waals surface area contributed by atoms with Gasteiger partial charge < -0.3 is 9.64 Å². The summed E-state index contributed by atoms with van der Waals surface area (Å²) >= 11 is 3.76. The summed E-state index contributed by atoms with van der Waals surface area (Å²) in [6.45, 7) is 0.663. The molecule has 3 aliphatic heterocycles. The lowest BCUT2D eigenvalue weighted by molar-refractivity contribution is -0.131. The van der Waals surface area contributed by atoms with Gasteiger partial charge in [0.15, 0.2) is 5.60 Å². The van der Waals surface area contributed by atoms with Crippen LogP contribution in [0.2, 0.25) is 0 Å². The highest BCUT2D eigenvalue weighted by atomic mass is 79.9. The maximum atomic E-state index is 12.7. The van der Waals surface area contributed by atoms with E-state index in [1.807, 2.05) is 47.4 Å². The predicted molar refractivity (Wildman–Crippen MR) is 71.8 cm³/mol. The molecule has 0 radical (unpaired) electrons. The third kappa shape index (κ3) is 1.11. The number of carbonyl (C=O) groups excluding carboxylic acids is 1. The topological polar surface area (TPSA) is 29.5 Å². The molecule has 4 rings (SSSR count). The molecule has 1 spiro atoms. The number of carbonyl (C=O) groups is 1. The van der Waals surface area contributed by atoms with Crippen LogP contribution >= 0.6 is 15.9 Å². The summed E-state index contributed by atoms with van der Waals surface area (Å²) in [5, 5.41) is 0. The number of hydrogen-bond acceptors (Lipinski definition) is 2. The molecule has 0 unspecified atom stereocenters. The van der Waals surface area contributed by atoms with Gasteiger partial charge >= 0.3 is 0 Å². The molecule has 3 heterocycles. The Morgan fingerprint density at radius 3 is 2.78 bits per heavy atom. The number of amides is 1. The van der Waals surface area contributed by atoms with E-state index in [1.54, 1.807) is 0 Å². The Morgan fingerprint density at radius 1 is 1.33 bits per heavy atom. The molecule has 1 aromatic rings. The number of nitrogens with zero attached hydrogens (tertiary/aromatic N) is 1. The van der Waals surface area contributed by atoms with E-state index in [4.69, 9.17) is 4.74 Å². The van der Waals surface area contributed by atoms with Gasteiger partial charge in [0.25, 0.3) is 5.91 Å². The van der Waals surface area contributed by atoms with Gasteiger partial charge in [0.1, 0.15) is 0 Å². The fraction of sp³-hybridized carbons (Fsp3) is 0.357. The average molecular weight is 306 g/mol. The smallest absolute Gasteiger partial charge is 0.264 e. The van der Waals surface area contributed by atoms with Crippen LogP contribution in [0, 0.1) is 0 Å². The molecule has 92 valence electrons. The highest BCUT2D eigenvalue weighted by molar-refractivity contribution is 9.10. The summed E-state index contributed by atoms with van der Waals surface area (Å²) in [4.78, 5) is 14.5. The first-order valence-corrected chi connectivity index (χ1v) is 6.87. The van der Waals surface area contributed by atoms with Crippen molar-refractivity contribution in [1.82, 2.24) is 0 Å². The normalized spacial score (nSPS) is 40.6. The third-order valence-corrected chi connectivity index (χ3v) is 5.28. The van der Waals surface area contributed by atoms with Crippen molar-refractivity contribution < 1.29 is 9.53 Å². The molecule has 0 aromatic heterocycles. The van der Waals surface area contributed by atoms with E-state index in [-0.39, 0.29) is 16.3 Å². The largest absolute Gasteiger partial charge is 0.352 e.